The fourth-order valence-corrected chi connectivity index (χ4v) is 1.67. The lowest BCUT2D eigenvalue weighted by molar-refractivity contribution is 0.557. The van der Waals surface area contributed by atoms with Crippen LogP contribution in [0.5, 0.6) is 0 Å². The Hall–Kier alpha value is -1.86. The van der Waals surface area contributed by atoms with Gasteiger partial charge in [0, 0.05) is 43.0 Å². The molecule has 1 atom stereocenters. The predicted molar refractivity (Wildman–Crippen MR) is 67.5 cm³/mol. The highest BCUT2D eigenvalue weighted by Gasteiger charge is 2.02. The van der Waals surface area contributed by atoms with Crippen molar-refractivity contribution in [2.75, 3.05) is 0 Å². The molecule has 0 amide bonds. The first-order valence-corrected chi connectivity index (χ1v) is 5.67. The molecule has 0 aliphatic carbocycles. The zero-order chi connectivity index (χ0) is 12.3. The Labute approximate surface area is 101 Å². The van der Waals surface area contributed by atoms with E-state index >= 15 is 0 Å². The minimum atomic E-state index is 0.315. The van der Waals surface area contributed by atoms with Crippen LogP contribution < -0.4 is 5.32 Å². The van der Waals surface area contributed by atoms with E-state index in [9.17, 15) is 0 Å². The zero-order valence-electron chi connectivity index (χ0n) is 10.1. The van der Waals surface area contributed by atoms with Crippen molar-refractivity contribution in [3.05, 3.63) is 29.7 Å². The van der Waals surface area contributed by atoms with Crippen LogP contribution in [0.1, 0.15) is 24.6 Å². The predicted octanol–water partition coefficient (Wildman–Crippen LogP) is 1.54. The number of aromatic nitrogens is 3. The van der Waals surface area contributed by atoms with Crippen LogP contribution in [0.4, 0.5) is 0 Å². The Balaban J connectivity index is 2.06. The number of hydrogen-bond acceptors (Lipinski definition) is 3. The van der Waals surface area contributed by atoms with Gasteiger partial charge in [-0.2, -0.15) is 5.10 Å². The second kappa shape index (κ2) is 4.98. The summed E-state index contributed by atoms with van der Waals surface area (Å²) in [4.78, 5) is 4.35. The largest absolute Gasteiger partial charge is 0.309 e. The topological polar surface area (TPSA) is 42.2 Å². The summed E-state index contributed by atoms with van der Waals surface area (Å²) in [6.07, 6.45) is 9.85. The molecular weight excluding hydrogens is 212 g/mol. The molecule has 4 nitrogen and oxygen atoms in total. The van der Waals surface area contributed by atoms with Crippen molar-refractivity contribution in [2.45, 2.75) is 32.9 Å². The lowest BCUT2D eigenvalue weighted by Gasteiger charge is -2.10. The molecule has 0 fully saturated rings. The number of nitrogens with zero attached hydrogens (tertiary/aromatic N) is 3. The van der Waals surface area contributed by atoms with Gasteiger partial charge in [0.15, 0.2) is 5.65 Å². The van der Waals surface area contributed by atoms with Gasteiger partial charge in [0.25, 0.3) is 0 Å². The van der Waals surface area contributed by atoms with Crippen molar-refractivity contribution >= 4 is 5.65 Å². The maximum Gasteiger partial charge on any atom is 0.155 e. The van der Waals surface area contributed by atoms with Crippen LogP contribution in [0.3, 0.4) is 0 Å². The molecule has 2 aromatic heterocycles. The van der Waals surface area contributed by atoms with Gasteiger partial charge in [0.1, 0.15) is 0 Å². The number of aryl methyl sites for hydroxylation is 1. The molecule has 0 spiro atoms. The summed E-state index contributed by atoms with van der Waals surface area (Å²) in [6.45, 7) is 4.79. The molecule has 0 aliphatic heterocycles. The highest BCUT2D eigenvalue weighted by atomic mass is 15.2. The van der Waals surface area contributed by atoms with Crippen molar-refractivity contribution in [3.8, 4) is 12.3 Å². The Morgan fingerprint density at radius 2 is 2.41 bits per heavy atom. The monoisotopic (exact) mass is 228 g/mol. The van der Waals surface area contributed by atoms with Crippen LogP contribution in [0.15, 0.2) is 18.5 Å². The number of hydrogen-bond donors (Lipinski definition) is 1. The summed E-state index contributed by atoms with van der Waals surface area (Å²) >= 11 is 0. The summed E-state index contributed by atoms with van der Waals surface area (Å²) < 4.78 is 1.80. The van der Waals surface area contributed by atoms with Gasteiger partial charge in [-0.3, -0.25) is 0 Å². The lowest BCUT2D eigenvalue weighted by atomic mass is 10.2. The second-order valence-corrected chi connectivity index (χ2v) is 4.24. The summed E-state index contributed by atoms with van der Waals surface area (Å²) in [7, 11) is 0. The van der Waals surface area contributed by atoms with Gasteiger partial charge in [0.2, 0.25) is 0 Å². The van der Waals surface area contributed by atoms with Crippen LogP contribution in [-0.4, -0.2) is 20.6 Å². The van der Waals surface area contributed by atoms with Gasteiger partial charge in [-0.25, -0.2) is 9.50 Å². The van der Waals surface area contributed by atoms with E-state index in [-0.39, 0.29) is 0 Å². The first-order valence-electron chi connectivity index (χ1n) is 5.67. The van der Waals surface area contributed by atoms with E-state index in [1.54, 1.807) is 4.52 Å². The molecule has 17 heavy (non-hydrogen) atoms. The van der Waals surface area contributed by atoms with Crippen LogP contribution >= 0.6 is 0 Å². The molecule has 0 saturated carbocycles. The molecule has 0 radical (unpaired) electrons. The third-order valence-electron chi connectivity index (χ3n) is 2.57. The van der Waals surface area contributed by atoms with E-state index in [2.05, 4.69) is 28.2 Å². The first kappa shape index (κ1) is 11.6. The normalized spacial score (nSPS) is 12.5. The van der Waals surface area contributed by atoms with Gasteiger partial charge in [-0.15, -0.1) is 12.3 Å². The van der Waals surface area contributed by atoms with Crippen molar-refractivity contribution in [1.29, 1.82) is 0 Å². The standard InChI is InChI=1S/C13H16N4/c1-4-5-10(2)14-7-12-8-15-13-6-11(3)16-17(13)9-12/h1,6,8-10,14H,5,7H2,2-3H3. The molecule has 1 unspecified atom stereocenters. The average molecular weight is 228 g/mol. The third kappa shape index (κ3) is 2.83. The molecule has 0 aromatic carbocycles. The van der Waals surface area contributed by atoms with E-state index in [0.717, 1.165) is 29.9 Å². The first-order chi connectivity index (χ1) is 8.19. The fraction of sp³-hybridized carbons (Fsp3) is 0.385. The number of terminal acetylenes is 1. The van der Waals surface area contributed by atoms with Gasteiger partial charge in [-0.05, 0) is 13.8 Å². The van der Waals surface area contributed by atoms with Crippen LogP contribution in [0.2, 0.25) is 0 Å². The van der Waals surface area contributed by atoms with Crippen LogP contribution in [-0.2, 0) is 6.54 Å². The molecule has 2 rings (SSSR count). The number of rotatable bonds is 4. The molecular formula is C13H16N4. The van der Waals surface area contributed by atoms with E-state index < -0.39 is 0 Å². The van der Waals surface area contributed by atoms with E-state index in [1.807, 2.05) is 25.4 Å². The maximum atomic E-state index is 5.26. The van der Waals surface area contributed by atoms with E-state index in [4.69, 9.17) is 6.42 Å². The molecule has 4 heteroatoms. The fourth-order valence-electron chi connectivity index (χ4n) is 1.67. The van der Waals surface area contributed by atoms with Gasteiger partial charge in [-0.1, -0.05) is 0 Å². The summed E-state index contributed by atoms with van der Waals surface area (Å²) in [5, 5.41) is 7.68. The van der Waals surface area contributed by atoms with Crippen molar-refractivity contribution in [1.82, 2.24) is 19.9 Å². The lowest BCUT2D eigenvalue weighted by Crippen LogP contribution is -2.25. The Bertz CT molecular complexity index is 550. The van der Waals surface area contributed by atoms with Crippen molar-refractivity contribution < 1.29 is 0 Å². The van der Waals surface area contributed by atoms with E-state index in [0.29, 0.717) is 6.04 Å². The second-order valence-electron chi connectivity index (χ2n) is 4.24. The molecule has 1 N–H and O–H groups in total. The molecule has 0 saturated heterocycles. The highest BCUT2D eigenvalue weighted by molar-refractivity contribution is 5.38. The molecule has 2 heterocycles. The summed E-state index contributed by atoms with van der Waals surface area (Å²) in [5.74, 6) is 2.64. The highest BCUT2D eigenvalue weighted by Crippen LogP contribution is 2.05. The van der Waals surface area contributed by atoms with Crippen LogP contribution in [0.25, 0.3) is 5.65 Å². The zero-order valence-corrected chi connectivity index (χ0v) is 10.1. The number of nitrogens with one attached hydrogen (secondary N) is 1. The average Bonchev–Trinajstić information content (AvgIpc) is 2.66. The van der Waals surface area contributed by atoms with Gasteiger partial charge in [0.05, 0.1) is 5.69 Å². The quantitative estimate of drug-likeness (QED) is 0.807. The minimum Gasteiger partial charge on any atom is -0.309 e. The molecule has 0 aliphatic rings. The SMILES string of the molecule is C#CCC(C)NCc1cnc2cc(C)nn2c1. The van der Waals surface area contributed by atoms with E-state index in [1.165, 1.54) is 0 Å². The third-order valence-corrected chi connectivity index (χ3v) is 2.57. The van der Waals surface area contributed by atoms with Crippen LogP contribution in [0, 0.1) is 19.3 Å². The number of fused-ring (bicyclic) bond motifs is 1. The van der Waals surface area contributed by atoms with Crippen molar-refractivity contribution in [2.24, 2.45) is 0 Å². The van der Waals surface area contributed by atoms with Gasteiger partial charge < -0.3 is 5.32 Å². The smallest absolute Gasteiger partial charge is 0.155 e. The molecule has 2 aromatic rings. The summed E-state index contributed by atoms with van der Waals surface area (Å²) in [6, 6.07) is 2.27. The summed E-state index contributed by atoms with van der Waals surface area (Å²) in [5.41, 5.74) is 2.95. The van der Waals surface area contributed by atoms with Gasteiger partial charge >= 0.3 is 0 Å². The minimum absolute atomic E-state index is 0.315. The Morgan fingerprint density at radius 1 is 1.59 bits per heavy atom. The maximum absolute atomic E-state index is 5.26. The Kier molecular flexibility index (Phi) is 3.40. The molecule has 0 bridgehead atoms. The molecule has 88 valence electrons. The van der Waals surface area contributed by atoms with Crippen molar-refractivity contribution in [3.63, 3.8) is 0 Å². The Morgan fingerprint density at radius 3 is 3.18 bits per heavy atom.